The van der Waals surface area contributed by atoms with Crippen molar-refractivity contribution in [2.24, 2.45) is 0 Å². The van der Waals surface area contributed by atoms with Crippen LogP contribution in [0.5, 0.6) is 0 Å². The molecule has 2 heteroatoms. The summed E-state index contributed by atoms with van der Waals surface area (Å²) in [6.45, 7) is 4.18. The molecule has 0 aliphatic carbocycles. The van der Waals surface area contributed by atoms with E-state index in [1.54, 1.807) is 0 Å². The maximum Gasteiger partial charge on any atom is 0.0450 e. The van der Waals surface area contributed by atoms with Gasteiger partial charge in [-0.25, -0.2) is 0 Å². The van der Waals surface area contributed by atoms with E-state index in [1.165, 1.54) is 71.6 Å². The van der Waals surface area contributed by atoms with E-state index in [1.807, 2.05) is 24.7 Å². The van der Waals surface area contributed by atoms with E-state index in [9.17, 15) is 0 Å². The van der Waals surface area contributed by atoms with Crippen molar-refractivity contribution in [2.75, 3.05) is 0 Å². The minimum absolute atomic E-state index is 1.04. The lowest BCUT2D eigenvalue weighted by molar-refractivity contribution is 1.20. The molecule has 5 aromatic carbocycles. The van der Waals surface area contributed by atoms with Crippen LogP contribution in [0.1, 0.15) is 11.3 Å². The Morgan fingerprint density at radius 1 is 0.450 bits per heavy atom. The molecule has 7 rings (SSSR count). The van der Waals surface area contributed by atoms with Gasteiger partial charge in [-0.3, -0.25) is 9.97 Å². The van der Waals surface area contributed by atoms with Gasteiger partial charge in [0.2, 0.25) is 0 Å². The van der Waals surface area contributed by atoms with Crippen LogP contribution in [0.4, 0.5) is 0 Å². The number of hydrogen-bond acceptors (Lipinski definition) is 2. The lowest BCUT2D eigenvalue weighted by Gasteiger charge is -2.18. The highest BCUT2D eigenvalue weighted by atomic mass is 14.7. The zero-order valence-corrected chi connectivity index (χ0v) is 22.6. The van der Waals surface area contributed by atoms with Crippen LogP contribution in [0, 0.1) is 13.8 Å². The highest BCUT2D eigenvalue weighted by Crippen LogP contribution is 2.44. The van der Waals surface area contributed by atoms with E-state index in [2.05, 4.69) is 133 Å². The Balaban J connectivity index is 1.46. The van der Waals surface area contributed by atoms with Gasteiger partial charge in [0.1, 0.15) is 0 Å². The average molecular weight is 513 g/mol. The van der Waals surface area contributed by atoms with E-state index < -0.39 is 0 Å². The maximum absolute atomic E-state index is 4.53. The van der Waals surface area contributed by atoms with E-state index in [0.29, 0.717) is 0 Å². The van der Waals surface area contributed by atoms with Gasteiger partial charge in [-0.05, 0) is 98.1 Å². The van der Waals surface area contributed by atoms with Gasteiger partial charge in [-0.15, -0.1) is 0 Å². The number of hydrogen-bond donors (Lipinski definition) is 0. The summed E-state index contributed by atoms with van der Waals surface area (Å²) in [6.07, 6.45) is 5.64. The van der Waals surface area contributed by atoms with Crippen LogP contribution in [-0.2, 0) is 0 Å². The molecule has 40 heavy (non-hydrogen) atoms. The van der Waals surface area contributed by atoms with Gasteiger partial charge in [0.25, 0.3) is 0 Å². The summed E-state index contributed by atoms with van der Waals surface area (Å²) >= 11 is 0. The van der Waals surface area contributed by atoms with Crippen LogP contribution in [0.15, 0.2) is 134 Å². The van der Waals surface area contributed by atoms with Crippen molar-refractivity contribution < 1.29 is 0 Å². The molecule has 0 atom stereocenters. The number of rotatable bonds is 4. The minimum atomic E-state index is 1.04. The Morgan fingerprint density at radius 3 is 1.68 bits per heavy atom. The monoisotopic (exact) mass is 512 g/mol. The van der Waals surface area contributed by atoms with Crippen molar-refractivity contribution in [3.05, 3.63) is 145 Å². The summed E-state index contributed by atoms with van der Waals surface area (Å²) in [7, 11) is 0. The zero-order valence-electron chi connectivity index (χ0n) is 22.6. The molecule has 190 valence electrons. The Labute approximate surface area is 234 Å². The second kappa shape index (κ2) is 9.91. The van der Waals surface area contributed by atoms with E-state index in [-0.39, 0.29) is 0 Å². The molecule has 0 bridgehead atoms. The summed E-state index contributed by atoms with van der Waals surface area (Å²) in [6, 6.07) is 41.7. The van der Waals surface area contributed by atoms with Gasteiger partial charge >= 0.3 is 0 Å². The molecule has 0 saturated carbocycles. The molecule has 0 aliphatic heterocycles. The molecule has 7 aromatic rings. The largest absolute Gasteiger partial charge is 0.264 e. The molecule has 0 radical (unpaired) electrons. The first kappa shape index (κ1) is 24.0. The highest BCUT2D eigenvalue weighted by molar-refractivity contribution is 6.21. The van der Waals surface area contributed by atoms with Gasteiger partial charge in [-0.2, -0.15) is 0 Å². The first-order chi connectivity index (χ1) is 19.7. The smallest absolute Gasteiger partial charge is 0.0450 e. The quantitative estimate of drug-likeness (QED) is 0.219. The Morgan fingerprint density at radius 2 is 1.05 bits per heavy atom. The van der Waals surface area contributed by atoms with Crippen LogP contribution in [0.25, 0.3) is 66.1 Å². The number of pyridine rings is 2. The van der Waals surface area contributed by atoms with Crippen LogP contribution in [0.2, 0.25) is 0 Å². The first-order valence-corrected chi connectivity index (χ1v) is 13.7. The van der Waals surface area contributed by atoms with Crippen molar-refractivity contribution in [3.8, 4) is 44.5 Å². The van der Waals surface area contributed by atoms with Crippen LogP contribution < -0.4 is 0 Å². The van der Waals surface area contributed by atoms with Gasteiger partial charge in [0.05, 0.1) is 0 Å². The van der Waals surface area contributed by atoms with Gasteiger partial charge in [-0.1, -0.05) is 97.1 Å². The topological polar surface area (TPSA) is 25.8 Å². The molecule has 0 amide bonds. The van der Waals surface area contributed by atoms with Gasteiger partial charge in [0.15, 0.2) is 0 Å². The van der Waals surface area contributed by atoms with Gasteiger partial charge in [0, 0.05) is 29.8 Å². The molecule has 0 aliphatic rings. The number of benzene rings is 5. The maximum atomic E-state index is 4.53. The first-order valence-electron chi connectivity index (χ1n) is 13.7. The van der Waals surface area contributed by atoms with Crippen molar-refractivity contribution in [1.82, 2.24) is 9.97 Å². The number of aromatic nitrogens is 2. The lowest BCUT2D eigenvalue weighted by atomic mass is 9.85. The normalized spacial score (nSPS) is 11.2. The number of nitrogens with zero attached hydrogens (tertiary/aromatic N) is 2. The third-order valence-corrected chi connectivity index (χ3v) is 7.91. The van der Waals surface area contributed by atoms with Crippen molar-refractivity contribution >= 4 is 21.5 Å². The fourth-order valence-electron chi connectivity index (χ4n) is 6.00. The molecular weight excluding hydrogens is 484 g/mol. The molecule has 2 heterocycles. The Hall–Kier alpha value is -5.08. The standard InChI is InChI=1S/C38H28N2/c1-25-24-39-22-20-31(25)27-16-18-28(19-17-27)37-33-11-3-5-13-35(33)38(36-14-6-4-12-34(36)37)30-10-7-9-29(23-30)32-15-8-21-40-26(32)2/h3-24H,1-2H3. The van der Waals surface area contributed by atoms with Crippen LogP contribution in [0.3, 0.4) is 0 Å². The molecule has 2 aromatic heterocycles. The fraction of sp³-hybridized carbons (Fsp3) is 0.0526. The summed E-state index contributed by atoms with van der Waals surface area (Å²) in [4.78, 5) is 8.79. The van der Waals surface area contributed by atoms with E-state index >= 15 is 0 Å². The minimum Gasteiger partial charge on any atom is -0.264 e. The second-order valence-electron chi connectivity index (χ2n) is 10.3. The van der Waals surface area contributed by atoms with Crippen LogP contribution >= 0.6 is 0 Å². The molecule has 0 saturated heterocycles. The molecule has 0 N–H and O–H groups in total. The molecule has 0 unspecified atom stereocenters. The van der Waals surface area contributed by atoms with Gasteiger partial charge < -0.3 is 0 Å². The number of fused-ring (bicyclic) bond motifs is 2. The van der Waals surface area contributed by atoms with Crippen molar-refractivity contribution in [2.45, 2.75) is 13.8 Å². The number of aryl methyl sites for hydroxylation is 2. The SMILES string of the molecule is Cc1cnccc1-c1ccc(-c2c3ccccc3c(-c3cccc(-c4cccnc4C)c3)c3ccccc23)cc1. The molecule has 2 nitrogen and oxygen atoms in total. The predicted octanol–water partition coefficient (Wildman–Crippen LogP) is 10.1. The molecular formula is C38H28N2. The summed E-state index contributed by atoms with van der Waals surface area (Å²) in [5.74, 6) is 0. The second-order valence-corrected chi connectivity index (χ2v) is 10.3. The third-order valence-electron chi connectivity index (χ3n) is 7.91. The average Bonchev–Trinajstić information content (AvgIpc) is 3.00. The summed E-state index contributed by atoms with van der Waals surface area (Å²) in [5, 5.41) is 5.02. The fourth-order valence-corrected chi connectivity index (χ4v) is 6.00. The Kier molecular flexibility index (Phi) is 5.94. The van der Waals surface area contributed by atoms with Crippen molar-refractivity contribution in [1.29, 1.82) is 0 Å². The third kappa shape index (κ3) is 4.06. The zero-order chi connectivity index (χ0) is 27.1. The summed E-state index contributed by atoms with van der Waals surface area (Å²) in [5.41, 5.74) is 12.0. The van der Waals surface area contributed by atoms with E-state index in [0.717, 1.165) is 5.69 Å². The van der Waals surface area contributed by atoms with Crippen molar-refractivity contribution in [3.63, 3.8) is 0 Å². The molecule has 0 spiro atoms. The molecule has 0 fully saturated rings. The lowest BCUT2D eigenvalue weighted by Crippen LogP contribution is -1.92. The highest BCUT2D eigenvalue weighted by Gasteiger charge is 2.17. The summed E-state index contributed by atoms with van der Waals surface area (Å²) < 4.78 is 0. The predicted molar refractivity (Wildman–Crippen MR) is 168 cm³/mol. The Bertz CT molecular complexity index is 1960. The van der Waals surface area contributed by atoms with Crippen LogP contribution in [-0.4, -0.2) is 9.97 Å². The van der Waals surface area contributed by atoms with E-state index in [4.69, 9.17) is 0 Å².